The molecule has 0 aromatic carbocycles. The van der Waals surface area contributed by atoms with E-state index in [0.29, 0.717) is 11.1 Å². The van der Waals surface area contributed by atoms with Crippen LogP contribution < -0.4 is 5.32 Å². The van der Waals surface area contributed by atoms with E-state index in [1.807, 2.05) is 6.92 Å². The molecule has 10 atom stereocenters. The largest absolute Gasteiger partial charge is 0.467 e. The normalized spacial score (nSPS) is 37.2. The molecule has 0 radical (unpaired) electrons. The Kier molecular flexibility index (Phi) is 8.86. The molecule has 2 saturated carbocycles. The summed E-state index contributed by atoms with van der Waals surface area (Å²) in [5.74, 6) is -6.42. The molecule has 0 aromatic heterocycles. The van der Waals surface area contributed by atoms with Crippen LogP contribution in [-0.2, 0) is 52.4 Å². The number of fused-ring (bicyclic) bond motifs is 2. The summed E-state index contributed by atoms with van der Waals surface area (Å²) in [5.41, 5.74) is -3.79. The zero-order valence-electron chi connectivity index (χ0n) is 28.8. The van der Waals surface area contributed by atoms with Gasteiger partial charge in [0.15, 0.2) is 17.1 Å². The Labute approximate surface area is 278 Å². The molecule has 14 heteroatoms. The van der Waals surface area contributed by atoms with Gasteiger partial charge in [0.1, 0.15) is 17.7 Å². The standard InChI is InChI=1S/C34H45NO13/c1-15(2)10-22(38)46-24-26-33-14-44-34(26,29(41)43-9)13-20(37)25(33)32(8)12-19(36)23(16(3)18(32)11-21(33)45-28(24)40)47-27(39)17(4)35-30(42)48-31(5,6)7/h10,17-18,20-21,24-26,37H,11-14H2,1-9H3,(H,35,42). The van der Waals surface area contributed by atoms with Crippen LogP contribution in [0.5, 0.6) is 0 Å². The lowest BCUT2D eigenvalue weighted by atomic mass is 9.38. The highest BCUT2D eigenvalue weighted by Gasteiger charge is 2.82. The number of carbonyl (C=O) groups excluding carboxylic acids is 6. The second kappa shape index (κ2) is 12.0. The zero-order chi connectivity index (χ0) is 35.7. The SMILES string of the molecule is COC(=O)C12CC(O)C3C4(C)CC(=O)C(OC(=O)C(C)NC(=O)OC(C)(C)C)=C(C)C4CC4OC(=O)C(OC(=O)C=C(C)C)C1C43CO2. The first-order valence-electron chi connectivity index (χ1n) is 16.1. The van der Waals surface area contributed by atoms with Gasteiger partial charge in [-0.1, -0.05) is 12.5 Å². The van der Waals surface area contributed by atoms with Crippen LogP contribution in [-0.4, -0.2) is 90.1 Å². The Balaban J connectivity index is 1.53. The molecule has 5 aliphatic rings. The van der Waals surface area contributed by atoms with Crippen molar-refractivity contribution in [3.8, 4) is 0 Å². The van der Waals surface area contributed by atoms with Gasteiger partial charge >= 0.3 is 30.0 Å². The predicted molar refractivity (Wildman–Crippen MR) is 163 cm³/mol. The summed E-state index contributed by atoms with van der Waals surface area (Å²) in [5, 5.41) is 14.3. The fourth-order valence-electron chi connectivity index (χ4n) is 9.15. The number of ether oxygens (including phenoxy) is 6. The molecule has 10 unspecified atom stereocenters. The minimum absolute atomic E-state index is 0.127. The van der Waals surface area contributed by atoms with Gasteiger partial charge in [0.05, 0.1) is 25.7 Å². The summed E-state index contributed by atoms with van der Waals surface area (Å²) >= 11 is 0. The van der Waals surface area contributed by atoms with Crippen LogP contribution in [0.4, 0.5) is 4.79 Å². The van der Waals surface area contributed by atoms with Crippen molar-refractivity contribution in [2.24, 2.45) is 28.6 Å². The number of amides is 1. The maximum Gasteiger partial charge on any atom is 0.408 e. The summed E-state index contributed by atoms with van der Waals surface area (Å²) < 4.78 is 33.9. The molecule has 14 nitrogen and oxygen atoms in total. The van der Waals surface area contributed by atoms with E-state index in [0.717, 1.165) is 0 Å². The molecule has 3 aliphatic carbocycles. The van der Waals surface area contributed by atoms with Crippen LogP contribution in [0.25, 0.3) is 0 Å². The Hall–Kier alpha value is -3.78. The Bertz CT molecular complexity index is 1500. The molecular formula is C34H45NO13. The molecule has 4 fully saturated rings. The summed E-state index contributed by atoms with van der Waals surface area (Å²) in [7, 11) is 1.17. The molecule has 264 valence electrons. The number of ketones is 1. The third kappa shape index (κ3) is 5.50. The van der Waals surface area contributed by atoms with Crippen molar-refractivity contribution < 1.29 is 62.3 Å². The van der Waals surface area contributed by atoms with Crippen molar-refractivity contribution in [3.63, 3.8) is 0 Å². The molecule has 2 bridgehead atoms. The Morgan fingerprint density at radius 2 is 1.79 bits per heavy atom. The molecule has 2 saturated heterocycles. The molecule has 2 N–H and O–H groups in total. The van der Waals surface area contributed by atoms with Crippen molar-refractivity contribution in [3.05, 3.63) is 23.0 Å². The Morgan fingerprint density at radius 1 is 1.12 bits per heavy atom. The number of aliphatic hydroxyl groups is 1. The number of methoxy groups -OCH3 is 1. The number of aliphatic hydroxyl groups excluding tert-OH is 1. The summed E-state index contributed by atoms with van der Waals surface area (Å²) in [6, 6.07) is -1.15. The highest BCUT2D eigenvalue weighted by atomic mass is 16.6. The van der Waals surface area contributed by atoms with Crippen LogP contribution in [0, 0.1) is 28.6 Å². The fourth-order valence-corrected chi connectivity index (χ4v) is 9.15. The van der Waals surface area contributed by atoms with Crippen LogP contribution >= 0.6 is 0 Å². The second-order valence-corrected chi connectivity index (χ2v) is 15.2. The first-order valence-corrected chi connectivity index (χ1v) is 16.1. The number of Topliss-reactive ketones (excluding diaryl/α,β-unsaturated/α-hetero) is 1. The van der Waals surface area contributed by atoms with E-state index in [1.165, 1.54) is 20.1 Å². The van der Waals surface area contributed by atoms with Crippen LogP contribution in [0.3, 0.4) is 0 Å². The van der Waals surface area contributed by atoms with Gasteiger partial charge in [0, 0.05) is 30.3 Å². The number of nitrogens with one attached hydrogen (secondary N) is 1. The topological polar surface area (TPSA) is 190 Å². The molecule has 1 amide bonds. The predicted octanol–water partition coefficient (Wildman–Crippen LogP) is 2.44. The van der Waals surface area contributed by atoms with E-state index < -0.39 is 99.9 Å². The van der Waals surface area contributed by atoms with Gasteiger partial charge in [0.2, 0.25) is 6.10 Å². The number of allylic oxidation sites excluding steroid dienone is 3. The number of esters is 4. The van der Waals surface area contributed by atoms with Gasteiger partial charge in [-0.2, -0.15) is 0 Å². The van der Waals surface area contributed by atoms with Gasteiger partial charge < -0.3 is 38.8 Å². The van der Waals surface area contributed by atoms with Gasteiger partial charge in [-0.3, -0.25) is 4.79 Å². The van der Waals surface area contributed by atoms with Crippen LogP contribution in [0.1, 0.15) is 74.7 Å². The maximum atomic E-state index is 13.9. The number of alkyl carbamates (subject to hydrolysis) is 1. The molecule has 2 heterocycles. The molecule has 5 rings (SSSR count). The smallest absolute Gasteiger partial charge is 0.408 e. The lowest BCUT2D eigenvalue weighted by molar-refractivity contribution is -0.269. The van der Waals surface area contributed by atoms with E-state index in [4.69, 9.17) is 28.4 Å². The number of hydrogen-bond acceptors (Lipinski definition) is 13. The van der Waals surface area contributed by atoms with Crippen molar-refractivity contribution in [1.29, 1.82) is 0 Å². The highest BCUT2D eigenvalue weighted by Crippen LogP contribution is 2.72. The fraction of sp³-hybridized carbons (Fsp3) is 0.706. The van der Waals surface area contributed by atoms with Gasteiger partial charge in [-0.15, -0.1) is 0 Å². The van der Waals surface area contributed by atoms with E-state index in [2.05, 4.69) is 5.32 Å². The molecule has 0 aromatic rings. The first-order chi connectivity index (χ1) is 22.2. The van der Waals surface area contributed by atoms with Crippen molar-refractivity contribution in [1.82, 2.24) is 5.32 Å². The average Bonchev–Trinajstić information content (AvgIpc) is 3.20. The van der Waals surface area contributed by atoms with Crippen molar-refractivity contribution >= 4 is 35.8 Å². The van der Waals surface area contributed by atoms with Gasteiger partial charge in [-0.25, -0.2) is 24.0 Å². The summed E-state index contributed by atoms with van der Waals surface area (Å²) in [6.07, 6.45) is -3.59. The first kappa shape index (κ1) is 35.5. The van der Waals surface area contributed by atoms with Crippen molar-refractivity contribution in [2.45, 2.75) is 110 Å². The van der Waals surface area contributed by atoms with E-state index in [9.17, 15) is 33.9 Å². The molecular weight excluding hydrogens is 630 g/mol. The lowest BCUT2D eigenvalue weighted by Crippen LogP contribution is -2.75. The molecule has 48 heavy (non-hydrogen) atoms. The summed E-state index contributed by atoms with van der Waals surface area (Å²) in [4.78, 5) is 79.2. The maximum absolute atomic E-state index is 13.9. The quantitative estimate of drug-likeness (QED) is 0.237. The zero-order valence-corrected chi connectivity index (χ0v) is 28.8. The van der Waals surface area contributed by atoms with Gasteiger partial charge in [0.25, 0.3) is 0 Å². The van der Waals surface area contributed by atoms with E-state index in [1.54, 1.807) is 41.5 Å². The average molecular weight is 676 g/mol. The van der Waals surface area contributed by atoms with Gasteiger partial charge in [-0.05, 0) is 71.8 Å². The lowest BCUT2D eigenvalue weighted by Gasteiger charge is -2.66. The number of rotatable bonds is 6. The van der Waals surface area contributed by atoms with E-state index >= 15 is 0 Å². The molecule has 1 spiro atoms. The minimum Gasteiger partial charge on any atom is -0.467 e. The second-order valence-electron chi connectivity index (χ2n) is 15.2. The molecule has 2 aliphatic heterocycles. The Morgan fingerprint density at radius 3 is 2.40 bits per heavy atom. The van der Waals surface area contributed by atoms with E-state index in [-0.39, 0.29) is 31.6 Å². The third-order valence-electron chi connectivity index (χ3n) is 10.6. The van der Waals surface area contributed by atoms with Crippen LogP contribution in [0.15, 0.2) is 23.0 Å². The summed E-state index contributed by atoms with van der Waals surface area (Å²) in [6.45, 7) is 13.2. The van der Waals surface area contributed by atoms with Crippen molar-refractivity contribution in [2.75, 3.05) is 13.7 Å². The highest BCUT2D eigenvalue weighted by molar-refractivity contribution is 5.99. The third-order valence-corrected chi connectivity index (χ3v) is 10.6. The monoisotopic (exact) mass is 675 g/mol. The minimum atomic E-state index is -1.82. The number of carbonyl (C=O) groups is 6. The van der Waals surface area contributed by atoms with Crippen LogP contribution in [0.2, 0.25) is 0 Å². The number of hydrogen-bond donors (Lipinski definition) is 2.